The summed E-state index contributed by atoms with van der Waals surface area (Å²) in [7, 11) is 0. The predicted molar refractivity (Wildman–Crippen MR) is 142 cm³/mol. The van der Waals surface area contributed by atoms with Gasteiger partial charge in [-0.15, -0.1) is 10.2 Å². The quantitative estimate of drug-likeness (QED) is 0.299. The molecule has 2 heterocycles. The first-order chi connectivity index (χ1) is 17.3. The highest BCUT2D eigenvalue weighted by molar-refractivity contribution is 7.99. The number of thioether (sulfide) groups is 1. The third-order valence-corrected chi connectivity index (χ3v) is 6.90. The number of anilines is 1. The second-order valence-corrected chi connectivity index (χ2v) is 10.7. The summed E-state index contributed by atoms with van der Waals surface area (Å²) in [6.45, 7) is 6.73. The molecule has 1 aliphatic rings. The SMILES string of the molecule is CC(C)(C)c1ccc(-c2nnc(SCC(=O)Nc3ccc4c(c3)OCO4)n2-c2ccc(Cl)cc2)cc1. The van der Waals surface area contributed by atoms with Gasteiger partial charge in [0.05, 0.1) is 5.75 Å². The van der Waals surface area contributed by atoms with Gasteiger partial charge in [0.1, 0.15) is 0 Å². The summed E-state index contributed by atoms with van der Waals surface area (Å²) in [4.78, 5) is 12.7. The van der Waals surface area contributed by atoms with Crippen molar-refractivity contribution in [1.82, 2.24) is 14.8 Å². The van der Waals surface area contributed by atoms with E-state index in [0.29, 0.717) is 33.2 Å². The zero-order chi connectivity index (χ0) is 25.3. The van der Waals surface area contributed by atoms with Crippen LogP contribution in [0.2, 0.25) is 5.02 Å². The lowest BCUT2D eigenvalue weighted by atomic mass is 9.87. The van der Waals surface area contributed by atoms with Gasteiger partial charge in [-0.25, -0.2) is 0 Å². The van der Waals surface area contributed by atoms with Crippen LogP contribution in [0, 0.1) is 0 Å². The standard InChI is InChI=1S/C27H25ClN4O3S/c1-27(2,3)18-6-4-17(5-7-18)25-30-31-26(32(25)21-11-8-19(28)9-12-21)36-15-24(33)29-20-10-13-22-23(14-20)35-16-34-22/h4-14H,15-16H2,1-3H3,(H,29,33). The Balaban J connectivity index is 1.39. The predicted octanol–water partition coefficient (Wildman–Crippen LogP) is 6.34. The van der Waals surface area contributed by atoms with E-state index in [9.17, 15) is 4.79 Å². The van der Waals surface area contributed by atoms with Crippen molar-refractivity contribution in [1.29, 1.82) is 0 Å². The smallest absolute Gasteiger partial charge is 0.234 e. The molecule has 7 nitrogen and oxygen atoms in total. The van der Waals surface area contributed by atoms with Crippen LogP contribution in [-0.4, -0.2) is 33.2 Å². The number of amides is 1. The van der Waals surface area contributed by atoms with E-state index in [4.69, 9.17) is 21.1 Å². The number of nitrogens with zero attached hydrogens (tertiary/aromatic N) is 3. The van der Waals surface area contributed by atoms with Gasteiger partial charge in [0, 0.05) is 28.0 Å². The second-order valence-electron chi connectivity index (χ2n) is 9.35. The molecule has 0 radical (unpaired) electrons. The normalized spacial score (nSPS) is 12.6. The van der Waals surface area contributed by atoms with Crippen molar-refractivity contribution in [3.05, 3.63) is 77.3 Å². The zero-order valence-electron chi connectivity index (χ0n) is 20.1. The van der Waals surface area contributed by atoms with Gasteiger partial charge in [-0.1, -0.05) is 68.4 Å². The maximum Gasteiger partial charge on any atom is 0.234 e. The summed E-state index contributed by atoms with van der Waals surface area (Å²) in [5.41, 5.74) is 3.72. The number of benzene rings is 3. The number of carbonyl (C=O) groups is 1. The summed E-state index contributed by atoms with van der Waals surface area (Å²) in [5.74, 6) is 1.96. The molecule has 4 aromatic rings. The minimum Gasteiger partial charge on any atom is -0.454 e. The largest absolute Gasteiger partial charge is 0.454 e. The summed E-state index contributed by atoms with van der Waals surface area (Å²) in [6.07, 6.45) is 0. The lowest BCUT2D eigenvalue weighted by Gasteiger charge is -2.19. The molecule has 3 aromatic carbocycles. The Labute approximate surface area is 218 Å². The monoisotopic (exact) mass is 520 g/mol. The van der Waals surface area contributed by atoms with Crippen LogP contribution in [0.4, 0.5) is 5.69 Å². The van der Waals surface area contributed by atoms with Gasteiger partial charge in [-0.05, 0) is 47.4 Å². The van der Waals surface area contributed by atoms with Crippen LogP contribution >= 0.6 is 23.4 Å². The van der Waals surface area contributed by atoms with E-state index in [1.807, 2.05) is 28.8 Å². The Bertz CT molecular complexity index is 1400. The highest BCUT2D eigenvalue weighted by Crippen LogP contribution is 2.35. The van der Waals surface area contributed by atoms with Gasteiger partial charge in [0.2, 0.25) is 12.7 Å². The molecular weight excluding hydrogens is 496 g/mol. The molecule has 0 saturated carbocycles. The van der Waals surface area contributed by atoms with Crippen LogP contribution in [0.25, 0.3) is 17.1 Å². The van der Waals surface area contributed by atoms with E-state index in [1.165, 1.54) is 17.3 Å². The maximum absolute atomic E-state index is 12.7. The Morgan fingerprint density at radius 2 is 1.72 bits per heavy atom. The van der Waals surface area contributed by atoms with Crippen LogP contribution in [0.5, 0.6) is 11.5 Å². The van der Waals surface area contributed by atoms with E-state index in [0.717, 1.165) is 11.3 Å². The molecule has 0 aliphatic carbocycles. The molecular formula is C27H25ClN4O3S. The summed E-state index contributed by atoms with van der Waals surface area (Å²) in [5, 5.41) is 13.0. The molecule has 1 amide bonds. The highest BCUT2D eigenvalue weighted by Gasteiger charge is 2.20. The fraction of sp³-hybridized carbons (Fsp3) is 0.222. The lowest BCUT2D eigenvalue weighted by Crippen LogP contribution is -2.14. The van der Waals surface area contributed by atoms with E-state index in [-0.39, 0.29) is 23.9 Å². The van der Waals surface area contributed by atoms with Crippen molar-refractivity contribution in [3.63, 3.8) is 0 Å². The molecule has 9 heteroatoms. The number of fused-ring (bicyclic) bond motifs is 1. The van der Waals surface area contributed by atoms with Crippen molar-refractivity contribution in [2.75, 3.05) is 17.9 Å². The van der Waals surface area contributed by atoms with E-state index >= 15 is 0 Å². The molecule has 184 valence electrons. The third kappa shape index (κ3) is 5.20. The van der Waals surface area contributed by atoms with Gasteiger partial charge >= 0.3 is 0 Å². The minimum absolute atomic E-state index is 0.0503. The van der Waals surface area contributed by atoms with Crippen LogP contribution in [0.3, 0.4) is 0 Å². The van der Waals surface area contributed by atoms with Crippen LogP contribution in [0.1, 0.15) is 26.3 Å². The van der Waals surface area contributed by atoms with Gasteiger partial charge in [-0.2, -0.15) is 0 Å². The van der Waals surface area contributed by atoms with E-state index in [2.05, 4.69) is 60.6 Å². The molecule has 1 aliphatic heterocycles. The number of ether oxygens (including phenoxy) is 2. The molecule has 0 bridgehead atoms. The fourth-order valence-corrected chi connectivity index (χ4v) is 4.67. The number of hydrogen-bond donors (Lipinski definition) is 1. The van der Waals surface area contributed by atoms with Crippen molar-refractivity contribution >= 4 is 35.0 Å². The fourth-order valence-electron chi connectivity index (χ4n) is 3.79. The van der Waals surface area contributed by atoms with Crippen LogP contribution in [-0.2, 0) is 10.2 Å². The maximum atomic E-state index is 12.7. The van der Waals surface area contributed by atoms with Gasteiger partial charge in [-0.3, -0.25) is 9.36 Å². The van der Waals surface area contributed by atoms with Crippen molar-refractivity contribution in [3.8, 4) is 28.6 Å². The summed E-state index contributed by atoms with van der Waals surface area (Å²) in [6, 6.07) is 21.1. The molecule has 0 spiro atoms. The number of hydrogen-bond acceptors (Lipinski definition) is 6. The van der Waals surface area contributed by atoms with Gasteiger partial charge in [0.25, 0.3) is 0 Å². The average Bonchev–Trinajstić information content (AvgIpc) is 3.49. The third-order valence-electron chi connectivity index (χ3n) is 5.72. The number of aromatic nitrogens is 3. The number of carbonyl (C=O) groups excluding carboxylic acids is 1. The molecule has 0 fully saturated rings. The first-order valence-corrected chi connectivity index (χ1v) is 12.8. The summed E-state index contributed by atoms with van der Waals surface area (Å²) < 4.78 is 12.7. The first kappa shape index (κ1) is 24.2. The molecule has 0 saturated heterocycles. The van der Waals surface area contributed by atoms with Crippen molar-refractivity contribution in [2.24, 2.45) is 0 Å². The lowest BCUT2D eigenvalue weighted by molar-refractivity contribution is -0.113. The second kappa shape index (κ2) is 9.87. The Hall–Kier alpha value is -3.49. The number of rotatable bonds is 6. The summed E-state index contributed by atoms with van der Waals surface area (Å²) >= 11 is 7.44. The minimum atomic E-state index is -0.166. The average molecular weight is 521 g/mol. The molecule has 36 heavy (non-hydrogen) atoms. The van der Waals surface area contributed by atoms with Gasteiger partial charge < -0.3 is 14.8 Å². The highest BCUT2D eigenvalue weighted by atomic mass is 35.5. The Kier molecular flexibility index (Phi) is 6.64. The van der Waals surface area contributed by atoms with Crippen LogP contribution in [0.15, 0.2) is 71.9 Å². The Morgan fingerprint density at radius 1 is 1.00 bits per heavy atom. The molecule has 5 rings (SSSR count). The van der Waals surface area contributed by atoms with E-state index in [1.54, 1.807) is 18.2 Å². The number of halogens is 1. The van der Waals surface area contributed by atoms with E-state index < -0.39 is 0 Å². The van der Waals surface area contributed by atoms with Gasteiger partial charge in [0.15, 0.2) is 22.5 Å². The van der Waals surface area contributed by atoms with Crippen molar-refractivity contribution in [2.45, 2.75) is 31.3 Å². The first-order valence-electron chi connectivity index (χ1n) is 11.4. The zero-order valence-corrected chi connectivity index (χ0v) is 21.7. The topological polar surface area (TPSA) is 78.3 Å². The Morgan fingerprint density at radius 3 is 2.44 bits per heavy atom. The molecule has 1 N–H and O–H groups in total. The molecule has 0 atom stereocenters. The van der Waals surface area contributed by atoms with Crippen molar-refractivity contribution < 1.29 is 14.3 Å². The molecule has 1 aromatic heterocycles. The molecule has 0 unspecified atom stereocenters. The van der Waals surface area contributed by atoms with Crippen LogP contribution < -0.4 is 14.8 Å². The number of nitrogens with one attached hydrogen (secondary N) is 1.